The molecule has 4 heteroatoms. The zero-order chi connectivity index (χ0) is 40.3. The third-order valence-corrected chi connectivity index (χ3v) is 13.9. The zero-order valence-electron chi connectivity index (χ0n) is 33.4. The highest BCUT2D eigenvalue weighted by Crippen LogP contribution is 2.51. The zero-order valence-corrected chi connectivity index (χ0v) is 34.2. The average molecular weight is 798 g/mol. The molecule has 61 heavy (non-hydrogen) atoms. The van der Waals surface area contributed by atoms with E-state index < -0.39 is 0 Å². The maximum Gasteiger partial charge on any atom is 0.164 e. The molecule has 9 aromatic rings. The topological polar surface area (TPSA) is 38.7 Å². The first-order valence-corrected chi connectivity index (χ1v) is 21.9. The van der Waals surface area contributed by atoms with Crippen molar-refractivity contribution in [3.63, 3.8) is 0 Å². The molecule has 0 radical (unpaired) electrons. The molecule has 0 saturated carbocycles. The van der Waals surface area contributed by atoms with Gasteiger partial charge in [0.1, 0.15) is 0 Å². The number of hydrogen-bond donors (Lipinski definition) is 0. The molecule has 12 rings (SSSR count). The molecule has 0 fully saturated rings. The highest BCUT2D eigenvalue weighted by Gasteiger charge is 2.33. The molecular weight excluding hydrogens is 759 g/mol. The van der Waals surface area contributed by atoms with Gasteiger partial charge in [-0.05, 0) is 87.6 Å². The summed E-state index contributed by atoms with van der Waals surface area (Å²) in [6, 6.07) is 60.8. The van der Waals surface area contributed by atoms with Crippen molar-refractivity contribution in [1.29, 1.82) is 0 Å². The van der Waals surface area contributed by atoms with Gasteiger partial charge in [-0.3, -0.25) is 0 Å². The summed E-state index contributed by atoms with van der Waals surface area (Å²) in [4.78, 5) is 15.0. The Balaban J connectivity index is 0.965. The van der Waals surface area contributed by atoms with Crippen LogP contribution in [-0.4, -0.2) is 15.0 Å². The molecular formula is C57H39N3S. The molecule has 2 aromatic heterocycles. The quantitative estimate of drug-likeness (QED) is 0.168. The van der Waals surface area contributed by atoms with Crippen LogP contribution in [0.3, 0.4) is 0 Å². The van der Waals surface area contributed by atoms with E-state index in [0.717, 1.165) is 40.7 Å². The summed E-state index contributed by atoms with van der Waals surface area (Å²) in [6.45, 7) is 0. The van der Waals surface area contributed by atoms with Gasteiger partial charge in [0.25, 0.3) is 0 Å². The van der Waals surface area contributed by atoms with Crippen molar-refractivity contribution >= 4 is 42.7 Å². The fraction of sp³-hybridized carbons (Fsp3) is 0.0702. The standard InChI is InChI=1S/C57H39N3S/c1-3-15-36(16-4-1)55-58-56(37-17-5-2-6-18-37)60-57(59-55)43-24-12-21-39(32-43)38-20-11-22-41(31-38)50-35-51-44(33-40-19-7-8-25-45(40)50)34-42-23-13-27-47(53(42)51)49-29-14-28-48-46-26-9-10-30-52(46)61-54(48)49/h1-32,35,40,45H,33-34H2. The van der Waals surface area contributed by atoms with Crippen LogP contribution in [-0.2, 0) is 6.42 Å². The number of allylic oxidation sites excluding steroid dienone is 8. The molecule has 2 unspecified atom stereocenters. The molecule has 0 N–H and O–H groups in total. The molecule has 0 aliphatic heterocycles. The largest absolute Gasteiger partial charge is 0.208 e. The number of benzene rings is 7. The minimum absolute atomic E-state index is 0.275. The van der Waals surface area contributed by atoms with Crippen LogP contribution in [0, 0.1) is 11.8 Å². The molecule has 2 heterocycles. The van der Waals surface area contributed by atoms with Crippen molar-refractivity contribution in [1.82, 2.24) is 15.0 Å². The minimum atomic E-state index is 0.275. The second-order valence-corrected chi connectivity index (χ2v) is 17.3. The van der Waals surface area contributed by atoms with Crippen molar-refractivity contribution in [2.45, 2.75) is 12.8 Å². The van der Waals surface area contributed by atoms with Gasteiger partial charge in [0.15, 0.2) is 17.5 Å². The van der Waals surface area contributed by atoms with E-state index in [4.69, 9.17) is 15.0 Å². The van der Waals surface area contributed by atoms with Crippen molar-refractivity contribution in [3.8, 4) is 56.4 Å². The first-order valence-electron chi connectivity index (χ1n) is 21.1. The van der Waals surface area contributed by atoms with E-state index in [0.29, 0.717) is 23.4 Å². The Hall–Kier alpha value is -7.27. The van der Waals surface area contributed by atoms with Crippen LogP contribution in [0.15, 0.2) is 206 Å². The van der Waals surface area contributed by atoms with Crippen LogP contribution >= 0.6 is 11.3 Å². The fourth-order valence-electron chi connectivity index (χ4n) is 9.76. The molecule has 0 spiro atoms. The lowest BCUT2D eigenvalue weighted by atomic mass is 9.77. The molecule has 7 aromatic carbocycles. The third kappa shape index (κ3) is 6.30. The lowest BCUT2D eigenvalue weighted by Crippen LogP contribution is -2.14. The van der Waals surface area contributed by atoms with Gasteiger partial charge in [-0.2, -0.15) is 0 Å². The van der Waals surface area contributed by atoms with E-state index in [2.05, 4.69) is 164 Å². The van der Waals surface area contributed by atoms with Crippen LogP contribution in [0.1, 0.15) is 23.1 Å². The van der Waals surface area contributed by atoms with Crippen LogP contribution in [0.5, 0.6) is 0 Å². The molecule has 0 amide bonds. The number of hydrogen-bond acceptors (Lipinski definition) is 4. The predicted octanol–water partition coefficient (Wildman–Crippen LogP) is 14.7. The summed E-state index contributed by atoms with van der Waals surface area (Å²) in [5, 5.41) is 2.68. The number of fused-ring (bicyclic) bond motifs is 6. The molecule has 3 aliphatic rings. The summed E-state index contributed by atoms with van der Waals surface area (Å²) in [7, 11) is 0. The minimum Gasteiger partial charge on any atom is -0.208 e. The van der Waals surface area contributed by atoms with Gasteiger partial charge in [0, 0.05) is 48.3 Å². The molecule has 0 saturated heterocycles. The van der Waals surface area contributed by atoms with E-state index in [-0.39, 0.29) is 5.92 Å². The van der Waals surface area contributed by atoms with Crippen molar-refractivity contribution < 1.29 is 0 Å². The molecule has 3 aliphatic carbocycles. The average Bonchev–Trinajstić information content (AvgIpc) is 3.84. The summed E-state index contributed by atoms with van der Waals surface area (Å²) >= 11 is 1.91. The smallest absolute Gasteiger partial charge is 0.164 e. The predicted molar refractivity (Wildman–Crippen MR) is 255 cm³/mol. The van der Waals surface area contributed by atoms with Gasteiger partial charge in [0.2, 0.25) is 0 Å². The summed E-state index contributed by atoms with van der Waals surface area (Å²) in [5.41, 5.74) is 16.2. The van der Waals surface area contributed by atoms with Gasteiger partial charge in [-0.1, -0.05) is 182 Å². The van der Waals surface area contributed by atoms with Gasteiger partial charge >= 0.3 is 0 Å². The van der Waals surface area contributed by atoms with Gasteiger partial charge in [-0.15, -0.1) is 11.3 Å². The maximum atomic E-state index is 5.04. The Bertz CT molecular complexity index is 3260. The molecule has 3 nitrogen and oxygen atoms in total. The summed E-state index contributed by atoms with van der Waals surface area (Å²) in [5.74, 6) is 2.64. The number of rotatable bonds is 6. The Kier molecular flexibility index (Phi) is 8.64. The lowest BCUT2D eigenvalue weighted by molar-refractivity contribution is 0.558. The number of nitrogens with zero attached hydrogens (tertiary/aromatic N) is 3. The lowest BCUT2D eigenvalue weighted by Gasteiger charge is -2.26. The summed E-state index contributed by atoms with van der Waals surface area (Å²) in [6.07, 6.45) is 13.9. The molecule has 2 atom stereocenters. The van der Waals surface area contributed by atoms with Crippen molar-refractivity contribution in [3.05, 3.63) is 223 Å². The molecule has 0 bridgehead atoms. The highest BCUT2D eigenvalue weighted by atomic mass is 32.1. The normalized spacial score (nSPS) is 16.6. The van der Waals surface area contributed by atoms with Gasteiger partial charge in [0.05, 0.1) is 0 Å². The SMILES string of the molecule is C1=CC2CC3=C(C=C(c4cccc(-c5cccc(-c6nc(-c7ccccc7)nc(-c7ccccc7)n6)c5)c4)C2C=C1)c1c(cccc1-c1cccc2c1sc1ccccc12)C3. The van der Waals surface area contributed by atoms with Crippen LogP contribution < -0.4 is 0 Å². The van der Waals surface area contributed by atoms with Gasteiger partial charge in [-0.25, -0.2) is 15.0 Å². The van der Waals surface area contributed by atoms with Crippen molar-refractivity contribution in [2.75, 3.05) is 0 Å². The first kappa shape index (κ1) is 35.7. The Morgan fingerprint density at radius 1 is 0.475 bits per heavy atom. The van der Waals surface area contributed by atoms with E-state index >= 15 is 0 Å². The van der Waals surface area contributed by atoms with Crippen LogP contribution in [0.2, 0.25) is 0 Å². The van der Waals surface area contributed by atoms with Crippen LogP contribution in [0.4, 0.5) is 0 Å². The second kappa shape index (κ2) is 14.8. The van der Waals surface area contributed by atoms with E-state index in [1.54, 1.807) is 5.57 Å². The molecule has 288 valence electrons. The highest BCUT2D eigenvalue weighted by molar-refractivity contribution is 7.26. The Morgan fingerprint density at radius 2 is 1.05 bits per heavy atom. The number of thiophene rings is 1. The number of aromatic nitrogens is 3. The fourth-order valence-corrected chi connectivity index (χ4v) is 11.0. The van der Waals surface area contributed by atoms with Gasteiger partial charge < -0.3 is 0 Å². The Morgan fingerprint density at radius 3 is 1.82 bits per heavy atom. The van der Waals surface area contributed by atoms with Crippen molar-refractivity contribution in [2.24, 2.45) is 11.8 Å². The second-order valence-electron chi connectivity index (χ2n) is 16.3. The third-order valence-electron chi connectivity index (χ3n) is 12.6. The van der Waals surface area contributed by atoms with Crippen LogP contribution in [0.25, 0.3) is 87.7 Å². The monoisotopic (exact) mass is 797 g/mol. The van der Waals surface area contributed by atoms with E-state index in [1.807, 2.05) is 47.7 Å². The first-order chi connectivity index (χ1) is 30.2. The van der Waals surface area contributed by atoms with E-state index in [9.17, 15) is 0 Å². The maximum absolute atomic E-state index is 5.04. The van der Waals surface area contributed by atoms with E-state index in [1.165, 1.54) is 59.1 Å². The summed E-state index contributed by atoms with van der Waals surface area (Å²) < 4.78 is 2.70. The Labute approximate surface area is 359 Å².